The van der Waals surface area contributed by atoms with Crippen LogP contribution in [0.5, 0.6) is 0 Å². The molecule has 0 bridgehead atoms. The van der Waals surface area contributed by atoms with Crippen LogP contribution in [0.3, 0.4) is 0 Å². The van der Waals surface area contributed by atoms with Crippen LogP contribution in [-0.4, -0.2) is 33.8 Å². The van der Waals surface area contributed by atoms with Crippen LogP contribution < -0.4 is 5.73 Å². The second-order valence-corrected chi connectivity index (χ2v) is 6.37. The Bertz CT molecular complexity index is 799. The van der Waals surface area contributed by atoms with Gasteiger partial charge in [0.1, 0.15) is 6.04 Å². The maximum absolute atomic E-state index is 12.7. The number of hydrogen-bond acceptors (Lipinski definition) is 4. The number of benzene rings is 1. The number of aliphatic carboxylic acids is 1. The van der Waals surface area contributed by atoms with Gasteiger partial charge in [-0.25, -0.2) is 4.79 Å². The van der Waals surface area contributed by atoms with E-state index in [4.69, 9.17) is 5.73 Å². The van der Waals surface area contributed by atoms with Gasteiger partial charge in [0.15, 0.2) is 0 Å². The van der Waals surface area contributed by atoms with Gasteiger partial charge in [0, 0.05) is 13.0 Å². The molecular weight excluding hydrogens is 316 g/mol. The number of nitrogens with two attached hydrogens (primary N) is 1. The number of primary amides is 1. The van der Waals surface area contributed by atoms with E-state index in [1.165, 1.54) is 17.0 Å². The number of carbonyl (C=O) groups excluding carboxylic acids is 2. The summed E-state index contributed by atoms with van der Waals surface area (Å²) in [5.41, 5.74) is 7.07. The van der Waals surface area contributed by atoms with E-state index < -0.39 is 23.8 Å². The lowest BCUT2D eigenvalue weighted by atomic mass is 9.94. The summed E-state index contributed by atoms with van der Waals surface area (Å²) < 4.78 is 0. The smallest absolute Gasteiger partial charge is 0.326 e. The van der Waals surface area contributed by atoms with Crippen molar-refractivity contribution >= 4 is 29.1 Å². The Balaban J connectivity index is 1.94. The lowest BCUT2D eigenvalue weighted by Crippen LogP contribution is -2.48. The van der Waals surface area contributed by atoms with Gasteiger partial charge in [-0.2, -0.15) is 0 Å². The van der Waals surface area contributed by atoms with Gasteiger partial charge in [0.25, 0.3) is 11.8 Å². The van der Waals surface area contributed by atoms with Crippen LogP contribution >= 0.6 is 11.3 Å². The molecule has 0 spiro atoms. The Morgan fingerprint density at radius 2 is 1.74 bits per heavy atom. The average molecular weight is 330 g/mol. The summed E-state index contributed by atoms with van der Waals surface area (Å²) in [5.74, 6) is -2.04. The third-order valence-electron chi connectivity index (χ3n) is 3.85. The van der Waals surface area contributed by atoms with Crippen molar-refractivity contribution in [2.75, 3.05) is 0 Å². The molecule has 0 saturated carbocycles. The summed E-state index contributed by atoms with van der Waals surface area (Å²) in [5, 5.41) is 9.46. The minimum absolute atomic E-state index is 0.232. The summed E-state index contributed by atoms with van der Waals surface area (Å²) in [6, 6.07) is 9.55. The molecule has 118 valence electrons. The molecule has 1 aromatic carbocycles. The Kier molecular flexibility index (Phi) is 3.87. The molecule has 6 nitrogen and oxygen atoms in total. The summed E-state index contributed by atoms with van der Waals surface area (Å²) >= 11 is 0.979. The summed E-state index contributed by atoms with van der Waals surface area (Å²) in [7, 11) is 0. The lowest BCUT2D eigenvalue weighted by Gasteiger charge is -2.34. The molecule has 23 heavy (non-hydrogen) atoms. The highest BCUT2D eigenvalue weighted by molar-refractivity contribution is 7.15. The number of carboxylic acids is 1. The van der Waals surface area contributed by atoms with Crippen LogP contribution in [0.2, 0.25) is 0 Å². The summed E-state index contributed by atoms with van der Waals surface area (Å²) in [6.45, 7) is 0.232. The maximum Gasteiger partial charge on any atom is 0.326 e. The maximum atomic E-state index is 12.7. The van der Waals surface area contributed by atoms with Crippen molar-refractivity contribution in [1.82, 2.24) is 4.90 Å². The van der Waals surface area contributed by atoms with Crippen LogP contribution in [0, 0.1) is 0 Å². The molecule has 1 aliphatic heterocycles. The zero-order chi connectivity index (χ0) is 16.6. The number of carboxylic acid groups (broad SMARTS) is 1. The van der Waals surface area contributed by atoms with Crippen molar-refractivity contribution in [2.24, 2.45) is 5.73 Å². The predicted octanol–water partition coefficient (Wildman–Crippen LogP) is 1.50. The van der Waals surface area contributed by atoms with Crippen LogP contribution in [0.1, 0.15) is 30.5 Å². The molecule has 3 rings (SSSR count). The van der Waals surface area contributed by atoms with E-state index in [1.54, 1.807) is 0 Å². The van der Waals surface area contributed by atoms with E-state index >= 15 is 0 Å². The van der Waals surface area contributed by atoms with E-state index in [9.17, 15) is 19.5 Å². The molecule has 2 heterocycles. The third kappa shape index (κ3) is 2.83. The van der Waals surface area contributed by atoms with Crippen molar-refractivity contribution < 1.29 is 19.5 Å². The zero-order valence-electron chi connectivity index (χ0n) is 12.1. The quantitative estimate of drug-likeness (QED) is 0.890. The number of fused-ring (bicyclic) bond motifs is 1. The van der Waals surface area contributed by atoms with Crippen molar-refractivity contribution in [1.29, 1.82) is 0 Å². The number of carbonyl (C=O) groups is 3. The van der Waals surface area contributed by atoms with Gasteiger partial charge in [-0.15, -0.1) is 11.3 Å². The molecule has 1 aromatic heterocycles. The number of hydrogen-bond donors (Lipinski definition) is 2. The zero-order valence-corrected chi connectivity index (χ0v) is 12.9. The Hall–Kier alpha value is -2.67. The first-order valence-electron chi connectivity index (χ1n) is 6.97. The number of nitrogens with zero attached hydrogens (tertiary/aromatic N) is 1. The molecule has 0 fully saturated rings. The lowest BCUT2D eigenvalue weighted by molar-refractivity contribution is -0.142. The Labute approximate surface area is 136 Å². The molecule has 0 unspecified atom stereocenters. The fraction of sp³-hybridized carbons (Fsp3) is 0.188. The Morgan fingerprint density at radius 3 is 2.35 bits per heavy atom. The van der Waals surface area contributed by atoms with E-state index in [1.807, 2.05) is 24.3 Å². The van der Waals surface area contributed by atoms with Crippen molar-refractivity contribution in [2.45, 2.75) is 19.0 Å². The van der Waals surface area contributed by atoms with Crippen LogP contribution in [0.4, 0.5) is 0 Å². The summed E-state index contributed by atoms with van der Waals surface area (Å²) in [4.78, 5) is 37.3. The number of thiophene rings is 1. The second-order valence-electron chi connectivity index (χ2n) is 5.29. The summed E-state index contributed by atoms with van der Waals surface area (Å²) in [6.07, 6.45) is 0.269. The highest BCUT2D eigenvalue weighted by Crippen LogP contribution is 2.27. The predicted molar refractivity (Wildman–Crippen MR) is 84.3 cm³/mol. The largest absolute Gasteiger partial charge is 0.480 e. The minimum Gasteiger partial charge on any atom is -0.480 e. The van der Waals surface area contributed by atoms with Crippen molar-refractivity contribution in [3.05, 3.63) is 57.3 Å². The van der Waals surface area contributed by atoms with Crippen LogP contribution in [0.15, 0.2) is 36.4 Å². The first kappa shape index (κ1) is 15.2. The molecule has 3 N–H and O–H groups in total. The molecular formula is C16H14N2O4S. The average Bonchev–Trinajstić information content (AvgIpc) is 3.03. The molecule has 7 heteroatoms. The third-order valence-corrected chi connectivity index (χ3v) is 4.94. The minimum atomic E-state index is -1.04. The number of amides is 2. The van der Waals surface area contributed by atoms with Gasteiger partial charge < -0.3 is 15.7 Å². The molecule has 0 aliphatic carbocycles. The molecule has 2 aromatic rings. The van der Waals surface area contributed by atoms with Gasteiger partial charge in [0.2, 0.25) is 0 Å². The van der Waals surface area contributed by atoms with Gasteiger partial charge in [-0.1, -0.05) is 24.3 Å². The molecule has 0 radical (unpaired) electrons. The standard InChI is InChI=1S/C16H14N2O4S/c17-14(19)12-5-6-13(23-12)15(20)18-8-10-4-2-1-3-9(10)7-11(18)16(21)22/h1-6,11H,7-8H2,(H2,17,19)(H,21,22)/t11-/m1/s1. The SMILES string of the molecule is NC(=O)c1ccc(C(=O)N2Cc3ccccc3C[C@@H]2C(=O)O)s1. The first-order chi connectivity index (χ1) is 11.0. The van der Waals surface area contributed by atoms with E-state index in [-0.39, 0.29) is 17.8 Å². The van der Waals surface area contributed by atoms with E-state index in [2.05, 4.69) is 0 Å². The van der Waals surface area contributed by atoms with Crippen molar-refractivity contribution in [3.8, 4) is 0 Å². The van der Waals surface area contributed by atoms with Gasteiger partial charge in [-0.3, -0.25) is 9.59 Å². The second kappa shape index (κ2) is 5.85. The normalized spacial score (nSPS) is 16.7. The molecule has 2 amide bonds. The fourth-order valence-corrected chi connectivity index (χ4v) is 3.50. The highest BCUT2D eigenvalue weighted by atomic mass is 32.1. The van der Waals surface area contributed by atoms with E-state index in [0.29, 0.717) is 4.88 Å². The van der Waals surface area contributed by atoms with Gasteiger partial charge in [-0.05, 0) is 23.3 Å². The monoisotopic (exact) mass is 330 g/mol. The number of rotatable bonds is 3. The Morgan fingerprint density at radius 1 is 1.09 bits per heavy atom. The van der Waals surface area contributed by atoms with Gasteiger partial charge >= 0.3 is 5.97 Å². The fourth-order valence-electron chi connectivity index (χ4n) is 2.68. The molecule has 1 aliphatic rings. The van der Waals surface area contributed by atoms with Crippen LogP contribution in [0.25, 0.3) is 0 Å². The van der Waals surface area contributed by atoms with Crippen LogP contribution in [-0.2, 0) is 17.8 Å². The van der Waals surface area contributed by atoms with Crippen molar-refractivity contribution in [3.63, 3.8) is 0 Å². The highest BCUT2D eigenvalue weighted by Gasteiger charge is 2.35. The first-order valence-corrected chi connectivity index (χ1v) is 7.79. The molecule has 1 atom stereocenters. The van der Waals surface area contributed by atoms with E-state index in [0.717, 1.165) is 22.5 Å². The van der Waals surface area contributed by atoms with Gasteiger partial charge in [0.05, 0.1) is 9.75 Å². The molecule has 0 saturated heterocycles. The topological polar surface area (TPSA) is 101 Å².